The zero-order valence-electron chi connectivity index (χ0n) is 12.4. The minimum absolute atomic E-state index is 0.0378. The zero-order chi connectivity index (χ0) is 14.6. The molecule has 0 heterocycles. The third-order valence-corrected chi connectivity index (χ3v) is 3.35. The summed E-state index contributed by atoms with van der Waals surface area (Å²) in [4.78, 5) is 0. The monoisotopic (exact) mass is 267 g/mol. The number of rotatable bonds is 5. The lowest BCUT2D eigenvalue weighted by Gasteiger charge is -2.29. The molecule has 0 aliphatic carbocycles. The lowest BCUT2D eigenvalue weighted by Crippen LogP contribution is -2.36. The van der Waals surface area contributed by atoms with Gasteiger partial charge in [-0.2, -0.15) is 0 Å². The molecule has 0 fully saturated rings. The smallest absolute Gasteiger partial charge is 0.122 e. The van der Waals surface area contributed by atoms with Crippen LogP contribution in [0.4, 0.5) is 0 Å². The molecule has 0 aromatic heterocycles. The van der Waals surface area contributed by atoms with Gasteiger partial charge in [-0.1, -0.05) is 20.8 Å². The summed E-state index contributed by atoms with van der Waals surface area (Å²) in [5.41, 5.74) is 6.83. The van der Waals surface area contributed by atoms with Gasteiger partial charge in [0, 0.05) is 12.1 Å². The van der Waals surface area contributed by atoms with Crippen molar-refractivity contribution in [2.75, 3.05) is 14.2 Å². The molecule has 1 aromatic carbocycles. The fraction of sp³-hybridized carbons (Fsp3) is 0.600. The summed E-state index contributed by atoms with van der Waals surface area (Å²) in [6.45, 7) is 6.20. The van der Waals surface area contributed by atoms with Crippen LogP contribution in [0.5, 0.6) is 11.5 Å². The van der Waals surface area contributed by atoms with Crippen molar-refractivity contribution in [1.29, 1.82) is 0 Å². The first-order valence-electron chi connectivity index (χ1n) is 6.44. The van der Waals surface area contributed by atoms with Crippen LogP contribution >= 0.6 is 0 Å². The van der Waals surface area contributed by atoms with Crippen LogP contribution in [0.25, 0.3) is 0 Å². The Labute approximate surface area is 115 Å². The van der Waals surface area contributed by atoms with Crippen molar-refractivity contribution in [3.63, 3.8) is 0 Å². The molecule has 0 saturated carbocycles. The Hall–Kier alpha value is -1.26. The normalized spacial score (nSPS) is 14.9. The highest BCUT2D eigenvalue weighted by atomic mass is 16.5. The van der Waals surface area contributed by atoms with Crippen LogP contribution < -0.4 is 15.2 Å². The molecule has 0 aliphatic heterocycles. The molecule has 0 amide bonds. The van der Waals surface area contributed by atoms with Crippen LogP contribution in [-0.2, 0) is 0 Å². The highest BCUT2D eigenvalue weighted by molar-refractivity contribution is 5.39. The summed E-state index contributed by atoms with van der Waals surface area (Å²) in [5, 5.41) is 10.3. The standard InChI is InChI=1S/C15H25NO3/c1-15(2,3)14(16)9-13(17)10-6-11(18-4)8-12(7-10)19-5/h6-8,13-14,17H,9,16H2,1-5H3/t13-,14-/m0/s1. The molecule has 2 atom stereocenters. The van der Waals surface area contributed by atoms with Crippen molar-refractivity contribution in [2.45, 2.75) is 39.3 Å². The Balaban J connectivity index is 2.90. The van der Waals surface area contributed by atoms with E-state index in [0.717, 1.165) is 5.56 Å². The molecular weight excluding hydrogens is 242 g/mol. The number of ether oxygens (including phenoxy) is 2. The van der Waals surface area contributed by atoms with Gasteiger partial charge >= 0.3 is 0 Å². The van der Waals surface area contributed by atoms with Gasteiger partial charge < -0.3 is 20.3 Å². The van der Waals surface area contributed by atoms with E-state index >= 15 is 0 Å². The predicted molar refractivity (Wildman–Crippen MR) is 76.6 cm³/mol. The summed E-state index contributed by atoms with van der Waals surface area (Å²) in [7, 11) is 3.18. The second-order valence-corrected chi connectivity index (χ2v) is 5.87. The van der Waals surface area contributed by atoms with Crippen molar-refractivity contribution in [3.05, 3.63) is 23.8 Å². The van der Waals surface area contributed by atoms with Crippen LogP contribution in [0, 0.1) is 5.41 Å². The molecule has 4 heteroatoms. The SMILES string of the molecule is COc1cc(OC)cc([C@@H](O)C[C@H](N)C(C)(C)C)c1. The Morgan fingerprint density at radius 3 is 1.95 bits per heavy atom. The molecule has 0 aliphatic rings. The van der Waals surface area contributed by atoms with Gasteiger partial charge in [-0.05, 0) is 29.5 Å². The first kappa shape index (κ1) is 15.8. The summed E-state index contributed by atoms with van der Waals surface area (Å²) < 4.78 is 10.4. The van der Waals surface area contributed by atoms with E-state index in [1.54, 1.807) is 20.3 Å². The topological polar surface area (TPSA) is 64.7 Å². The summed E-state index contributed by atoms with van der Waals surface area (Å²) in [5.74, 6) is 1.33. The zero-order valence-corrected chi connectivity index (χ0v) is 12.4. The number of methoxy groups -OCH3 is 2. The first-order chi connectivity index (χ1) is 8.77. The second kappa shape index (κ2) is 6.26. The Bertz CT molecular complexity index is 390. The number of aliphatic hydroxyl groups is 1. The van der Waals surface area contributed by atoms with Crippen molar-refractivity contribution < 1.29 is 14.6 Å². The van der Waals surface area contributed by atoms with Gasteiger partial charge in [0.1, 0.15) is 11.5 Å². The lowest BCUT2D eigenvalue weighted by atomic mass is 9.83. The third kappa shape index (κ3) is 4.40. The number of nitrogens with two attached hydrogens (primary N) is 1. The Morgan fingerprint density at radius 1 is 1.11 bits per heavy atom. The Morgan fingerprint density at radius 2 is 1.58 bits per heavy atom. The lowest BCUT2D eigenvalue weighted by molar-refractivity contribution is 0.133. The molecule has 0 saturated heterocycles. The molecule has 0 spiro atoms. The fourth-order valence-electron chi connectivity index (χ4n) is 1.75. The number of hydrogen-bond donors (Lipinski definition) is 2. The van der Waals surface area contributed by atoms with Gasteiger partial charge in [-0.25, -0.2) is 0 Å². The minimum atomic E-state index is -0.627. The highest BCUT2D eigenvalue weighted by Gasteiger charge is 2.24. The second-order valence-electron chi connectivity index (χ2n) is 5.87. The van der Waals surface area contributed by atoms with Gasteiger partial charge in [0.25, 0.3) is 0 Å². The molecule has 4 nitrogen and oxygen atoms in total. The molecule has 19 heavy (non-hydrogen) atoms. The van der Waals surface area contributed by atoms with Crippen molar-refractivity contribution >= 4 is 0 Å². The average Bonchev–Trinajstić information content (AvgIpc) is 2.36. The molecule has 0 unspecified atom stereocenters. The van der Waals surface area contributed by atoms with E-state index in [9.17, 15) is 5.11 Å². The van der Waals surface area contributed by atoms with E-state index in [0.29, 0.717) is 17.9 Å². The molecular formula is C15H25NO3. The van der Waals surface area contributed by atoms with Crippen molar-refractivity contribution in [3.8, 4) is 11.5 Å². The largest absolute Gasteiger partial charge is 0.497 e. The van der Waals surface area contributed by atoms with Crippen LogP contribution in [0.3, 0.4) is 0 Å². The van der Waals surface area contributed by atoms with E-state index in [4.69, 9.17) is 15.2 Å². The van der Waals surface area contributed by atoms with Crippen LogP contribution in [0.2, 0.25) is 0 Å². The van der Waals surface area contributed by atoms with E-state index < -0.39 is 6.10 Å². The number of aliphatic hydroxyl groups excluding tert-OH is 1. The van der Waals surface area contributed by atoms with Crippen LogP contribution in [0.15, 0.2) is 18.2 Å². The molecule has 0 bridgehead atoms. The van der Waals surface area contributed by atoms with Crippen molar-refractivity contribution in [1.82, 2.24) is 0 Å². The summed E-state index contributed by atoms with van der Waals surface area (Å²) in [6, 6.07) is 5.31. The first-order valence-corrected chi connectivity index (χ1v) is 6.44. The maximum absolute atomic E-state index is 10.3. The van der Waals surface area contributed by atoms with E-state index in [2.05, 4.69) is 20.8 Å². The highest BCUT2D eigenvalue weighted by Crippen LogP contribution is 2.31. The molecule has 3 N–H and O–H groups in total. The molecule has 1 rings (SSSR count). The van der Waals surface area contributed by atoms with Crippen LogP contribution in [-0.4, -0.2) is 25.4 Å². The summed E-state index contributed by atoms with van der Waals surface area (Å²) in [6.07, 6.45) is -0.127. The van der Waals surface area contributed by atoms with Gasteiger partial charge in [0.15, 0.2) is 0 Å². The fourth-order valence-corrected chi connectivity index (χ4v) is 1.75. The predicted octanol–water partition coefficient (Wildman–Crippen LogP) is 2.50. The van der Waals surface area contributed by atoms with E-state index in [1.807, 2.05) is 12.1 Å². The maximum atomic E-state index is 10.3. The average molecular weight is 267 g/mol. The van der Waals surface area contributed by atoms with E-state index in [-0.39, 0.29) is 11.5 Å². The summed E-state index contributed by atoms with van der Waals surface area (Å²) >= 11 is 0. The Kier molecular flexibility index (Phi) is 5.20. The minimum Gasteiger partial charge on any atom is -0.497 e. The van der Waals surface area contributed by atoms with Gasteiger partial charge in [0.2, 0.25) is 0 Å². The quantitative estimate of drug-likeness (QED) is 0.860. The van der Waals surface area contributed by atoms with Crippen LogP contribution in [0.1, 0.15) is 38.9 Å². The van der Waals surface area contributed by atoms with Gasteiger partial charge in [0.05, 0.1) is 20.3 Å². The number of benzene rings is 1. The molecule has 0 radical (unpaired) electrons. The van der Waals surface area contributed by atoms with Gasteiger partial charge in [-0.3, -0.25) is 0 Å². The van der Waals surface area contributed by atoms with Crippen molar-refractivity contribution in [2.24, 2.45) is 11.1 Å². The maximum Gasteiger partial charge on any atom is 0.122 e. The number of hydrogen-bond acceptors (Lipinski definition) is 4. The third-order valence-electron chi connectivity index (χ3n) is 3.35. The molecule has 1 aromatic rings. The molecule has 108 valence electrons. The van der Waals surface area contributed by atoms with Gasteiger partial charge in [-0.15, -0.1) is 0 Å². The van der Waals surface area contributed by atoms with E-state index in [1.165, 1.54) is 0 Å².